The van der Waals surface area contributed by atoms with Crippen LogP contribution in [-0.4, -0.2) is 25.8 Å². The number of rotatable bonds is 9. The van der Waals surface area contributed by atoms with E-state index in [-0.39, 0.29) is 6.61 Å². The molecule has 0 aliphatic carbocycles. The average Bonchev–Trinajstić information content (AvgIpc) is 2.45. The van der Waals surface area contributed by atoms with Crippen LogP contribution >= 0.6 is 0 Å². The third-order valence-electron chi connectivity index (χ3n) is 2.66. The van der Waals surface area contributed by atoms with Gasteiger partial charge in [0.15, 0.2) is 0 Å². The maximum Gasteiger partial charge on any atom is 0.373 e. The Labute approximate surface area is 114 Å². The van der Waals surface area contributed by atoms with E-state index in [0.29, 0.717) is 18.8 Å². The smallest absolute Gasteiger partial charge is 0.373 e. The number of carbonyl (C=O) groups is 1. The lowest BCUT2D eigenvalue weighted by molar-refractivity contribution is -0.247. The molecule has 4 nitrogen and oxygen atoms in total. The number of hydrogen-bond acceptors (Lipinski definition) is 4. The molecule has 0 bridgehead atoms. The zero-order valence-corrected chi connectivity index (χ0v) is 11.7. The fourth-order valence-electron chi connectivity index (χ4n) is 1.57. The Kier molecular flexibility index (Phi) is 7.86. The minimum absolute atomic E-state index is 0.244. The van der Waals surface area contributed by atoms with Crippen molar-refractivity contribution in [2.75, 3.05) is 19.8 Å². The topological polar surface area (TPSA) is 44.8 Å². The molecule has 1 aromatic rings. The van der Waals surface area contributed by atoms with E-state index in [1.807, 2.05) is 19.1 Å². The highest BCUT2D eigenvalue weighted by Crippen LogP contribution is 2.09. The maximum absolute atomic E-state index is 11.6. The number of ether oxygens (including phenoxy) is 1. The zero-order chi connectivity index (χ0) is 13.9. The van der Waals surface area contributed by atoms with Crippen molar-refractivity contribution in [2.24, 2.45) is 0 Å². The van der Waals surface area contributed by atoms with Gasteiger partial charge in [0, 0.05) is 6.61 Å². The van der Waals surface area contributed by atoms with E-state index in [9.17, 15) is 4.79 Å². The van der Waals surface area contributed by atoms with Gasteiger partial charge >= 0.3 is 5.97 Å². The van der Waals surface area contributed by atoms with Crippen molar-refractivity contribution in [1.29, 1.82) is 0 Å². The molecule has 0 N–H and O–H groups in total. The molecule has 0 amide bonds. The quantitative estimate of drug-likeness (QED) is 0.391. The largest absolute Gasteiger partial charge is 0.379 e. The number of hydrogen-bond donors (Lipinski definition) is 0. The predicted octanol–water partition coefficient (Wildman–Crippen LogP) is 3.15. The van der Waals surface area contributed by atoms with E-state index < -0.39 is 5.97 Å². The molecule has 1 rings (SSSR count). The zero-order valence-electron chi connectivity index (χ0n) is 11.7. The van der Waals surface area contributed by atoms with Crippen molar-refractivity contribution in [3.05, 3.63) is 35.4 Å². The van der Waals surface area contributed by atoms with Gasteiger partial charge in [-0.3, -0.25) is 4.89 Å². The molecule has 1 aromatic carbocycles. The molecule has 0 aliphatic rings. The molecule has 0 aromatic heterocycles. The van der Waals surface area contributed by atoms with Gasteiger partial charge in [-0.25, -0.2) is 4.79 Å². The molecule has 0 saturated heterocycles. The van der Waals surface area contributed by atoms with Gasteiger partial charge in [0.1, 0.15) is 6.61 Å². The number of aryl methyl sites for hydroxylation is 1. The SMILES string of the molecule is CCCCc1ccc(C(=O)OOCCOCC)cc1. The van der Waals surface area contributed by atoms with Crippen LogP contribution in [0.2, 0.25) is 0 Å². The molecule has 0 aliphatic heterocycles. The summed E-state index contributed by atoms with van der Waals surface area (Å²) in [7, 11) is 0. The summed E-state index contributed by atoms with van der Waals surface area (Å²) in [5.74, 6) is -0.474. The molecule has 106 valence electrons. The number of benzene rings is 1. The van der Waals surface area contributed by atoms with E-state index in [4.69, 9.17) is 9.62 Å². The Morgan fingerprint density at radius 1 is 1.11 bits per heavy atom. The first-order chi connectivity index (χ1) is 9.27. The van der Waals surface area contributed by atoms with Crippen LogP contribution in [0.4, 0.5) is 0 Å². The van der Waals surface area contributed by atoms with Gasteiger partial charge in [-0.2, -0.15) is 4.89 Å². The minimum Gasteiger partial charge on any atom is -0.379 e. The molecular formula is C15H22O4. The summed E-state index contributed by atoms with van der Waals surface area (Å²) in [6, 6.07) is 7.43. The van der Waals surface area contributed by atoms with Gasteiger partial charge in [0.05, 0.1) is 12.2 Å². The van der Waals surface area contributed by atoms with Crippen LogP contribution in [0.5, 0.6) is 0 Å². The van der Waals surface area contributed by atoms with E-state index >= 15 is 0 Å². The fraction of sp³-hybridized carbons (Fsp3) is 0.533. The molecule has 0 spiro atoms. The monoisotopic (exact) mass is 266 g/mol. The summed E-state index contributed by atoms with van der Waals surface area (Å²) in [5.41, 5.74) is 1.73. The minimum atomic E-state index is -0.474. The average molecular weight is 266 g/mol. The van der Waals surface area contributed by atoms with Gasteiger partial charge in [-0.05, 0) is 37.5 Å². The Morgan fingerprint density at radius 3 is 2.47 bits per heavy atom. The van der Waals surface area contributed by atoms with Crippen LogP contribution in [0.25, 0.3) is 0 Å². The van der Waals surface area contributed by atoms with Crippen molar-refractivity contribution in [3.63, 3.8) is 0 Å². The van der Waals surface area contributed by atoms with Gasteiger partial charge in [0.25, 0.3) is 0 Å². The molecule has 0 heterocycles. The molecule has 0 radical (unpaired) electrons. The Balaban J connectivity index is 2.32. The molecule has 0 atom stereocenters. The van der Waals surface area contributed by atoms with Crippen LogP contribution in [0, 0.1) is 0 Å². The molecule has 0 unspecified atom stereocenters. The second kappa shape index (κ2) is 9.53. The molecule has 0 fully saturated rings. The second-order valence-corrected chi connectivity index (χ2v) is 4.19. The van der Waals surface area contributed by atoms with E-state index in [1.54, 1.807) is 12.1 Å². The van der Waals surface area contributed by atoms with E-state index in [0.717, 1.165) is 19.3 Å². The molecule has 0 saturated carbocycles. The van der Waals surface area contributed by atoms with Crippen LogP contribution in [0.15, 0.2) is 24.3 Å². The summed E-state index contributed by atoms with van der Waals surface area (Å²) in [4.78, 5) is 21.1. The maximum atomic E-state index is 11.6. The Bertz CT molecular complexity index is 359. The number of carbonyl (C=O) groups excluding carboxylic acids is 1. The van der Waals surface area contributed by atoms with E-state index in [2.05, 4.69) is 11.8 Å². The highest BCUT2D eigenvalue weighted by atomic mass is 17.2. The first-order valence-electron chi connectivity index (χ1n) is 6.78. The standard InChI is InChI=1S/C15H22O4/c1-3-5-6-13-7-9-14(10-8-13)15(16)19-18-12-11-17-4-2/h7-10H,3-6,11-12H2,1-2H3. The lowest BCUT2D eigenvalue weighted by atomic mass is 10.1. The molecule has 19 heavy (non-hydrogen) atoms. The van der Waals surface area contributed by atoms with Gasteiger partial charge in [-0.1, -0.05) is 25.5 Å². The summed E-state index contributed by atoms with van der Waals surface area (Å²) in [5, 5.41) is 0. The summed E-state index contributed by atoms with van der Waals surface area (Å²) in [6.45, 7) is 5.34. The lowest BCUT2D eigenvalue weighted by Gasteiger charge is -2.05. The Morgan fingerprint density at radius 2 is 1.84 bits per heavy atom. The van der Waals surface area contributed by atoms with Gasteiger partial charge in [-0.15, -0.1) is 0 Å². The third kappa shape index (κ3) is 6.36. The van der Waals surface area contributed by atoms with Crippen LogP contribution < -0.4 is 0 Å². The summed E-state index contributed by atoms with van der Waals surface area (Å²) >= 11 is 0. The fourth-order valence-corrected chi connectivity index (χ4v) is 1.57. The second-order valence-electron chi connectivity index (χ2n) is 4.19. The van der Waals surface area contributed by atoms with Crippen molar-refractivity contribution in [3.8, 4) is 0 Å². The van der Waals surface area contributed by atoms with Crippen LogP contribution in [0.3, 0.4) is 0 Å². The van der Waals surface area contributed by atoms with E-state index in [1.165, 1.54) is 5.56 Å². The highest BCUT2D eigenvalue weighted by molar-refractivity contribution is 5.88. The van der Waals surface area contributed by atoms with Gasteiger partial charge in [0.2, 0.25) is 0 Å². The van der Waals surface area contributed by atoms with Crippen molar-refractivity contribution in [1.82, 2.24) is 0 Å². The first-order valence-corrected chi connectivity index (χ1v) is 6.78. The summed E-state index contributed by atoms with van der Waals surface area (Å²) < 4.78 is 5.06. The summed E-state index contributed by atoms with van der Waals surface area (Å²) in [6.07, 6.45) is 3.36. The number of unbranched alkanes of at least 4 members (excludes halogenated alkanes) is 1. The first kappa shape index (κ1) is 15.7. The van der Waals surface area contributed by atoms with Crippen molar-refractivity contribution < 1.29 is 19.3 Å². The van der Waals surface area contributed by atoms with Crippen LogP contribution in [-0.2, 0) is 20.9 Å². The third-order valence-corrected chi connectivity index (χ3v) is 2.66. The molecular weight excluding hydrogens is 244 g/mol. The van der Waals surface area contributed by atoms with Crippen molar-refractivity contribution >= 4 is 5.97 Å². The highest BCUT2D eigenvalue weighted by Gasteiger charge is 2.07. The predicted molar refractivity (Wildman–Crippen MR) is 72.9 cm³/mol. The molecule has 4 heteroatoms. The van der Waals surface area contributed by atoms with Gasteiger partial charge < -0.3 is 4.74 Å². The van der Waals surface area contributed by atoms with Crippen LogP contribution in [0.1, 0.15) is 42.6 Å². The van der Waals surface area contributed by atoms with Crippen molar-refractivity contribution in [2.45, 2.75) is 33.1 Å². The lowest BCUT2D eigenvalue weighted by Crippen LogP contribution is -2.10. The normalized spacial score (nSPS) is 10.4. The Hall–Kier alpha value is -1.39.